The van der Waals surface area contributed by atoms with Crippen molar-refractivity contribution >= 4 is 61.9 Å². The zero-order valence-electron chi connectivity index (χ0n) is 18.9. The van der Waals surface area contributed by atoms with Gasteiger partial charge in [-0.05, 0) is 48.5 Å². The molecule has 3 aromatic heterocycles. The molecular weight excluding hydrogens is 466 g/mol. The van der Waals surface area contributed by atoms with Crippen molar-refractivity contribution in [3.8, 4) is 11.6 Å². The van der Waals surface area contributed by atoms with E-state index < -0.39 is 0 Å². The van der Waals surface area contributed by atoms with Gasteiger partial charge in [-0.1, -0.05) is 54.2 Å². The van der Waals surface area contributed by atoms with Crippen LogP contribution in [0.3, 0.4) is 0 Å². The van der Waals surface area contributed by atoms with E-state index in [1.54, 1.807) is 11.8 Å². The monoisotopic (exact) mass is 483 g/mol. The second kappa shape index (κ2) is 7.47. The van der Waals surface area contributed by atoms with Crippen molar-refractivity contribution in [2.75, 3.05) is 4.90 Å². The second-order valence-corrected chi connectivity index (χ2v) is 9.79. The molecule has 4 heterocycles. The number of benzene rings is 4. The van der Waals surface area contributed by atoms with Crippen molar-refractivity contribution in [1.82, 2.24) is 9.97 Å². The van der Waals surface area contributed by atoms with E-state index in [1.165, 1.54) is 9.79 Å². The van der Waals surface area contributed by atoms with Gasteiger partial charge in [-0.15, -0.1) is 0 Å². The summed E-state index contributed by atoms with van der Waals surface area (Å²) in [6.45, 7) is 0. The van der Waals surface area contributed by atoms with Gasteiger partial charge in [0.15, 0.2) is 5.58 Å². The number of hydrogen-bond acceptors (Lipinski definition) is 6. The summed E-state index contributed by atoms with van der Waals surface area (Å²) in [7, 11) is 0. The van der Waals surface area contributed by atoms with Crippen molar-refractivity contribution in [3.63, 3.8) is 0 Å². The number of oxazole rings is 1. The first-order chi connectivity index (χ1) is 17.8. The Labute approximate surface area is 210 Å². The molecule has 5 nitrogen and oxygen atoms in total. The molecule has 0 saturated heterocycles. The second-order valence-electron chi connectivity index (χ2n) is 8.71. The highest BCUT2D eigenvalue weighted by Crippen LogP contribution is 2.51. The van der Waals surface area contributed by atoms with E-state index in [2.05, 4.69) is 65.6 Å². The van der Waals surface area contributed by atoms with Crippen LogP contribution in [-0.2, 0) is 0 Å². The van der Waals surface area contributed by atoms with Gasteiger partial charge in [-0.2, -0.15) is 0 Å². The van der Waals surface area contributed by atoms with E-state index in [9.17, 15) is 0 Å². The average molecular weight is 484 g/mol. The van der Waals surface area contributed by atoms with Gasteiger partial charge in [-0.3, -0.25) is 0 Å². The molecule has 0 radical (unpaired) electrons. The average Bonchev–Trinajstić information content (AvgIpc) is 3.51. The Morgan fingerprint density at radius 1 is 0.639 bits per heavy atom. The zero-order chi connectivity index (χ0) is 23.6. The van der Waals surface area contributed by atoms with E-state index in [-0.39, 0.29) is 0 Å². The number of pyridine rings is 1. The SMILES string of the molecule is c1ccc2c(c1)Sc1ccccc1N2c1ccc(-c2nc3cc4oc5ccccc5c4cc3o2)nc1. The number of anilines is 3. The highest BCUT2D eigenvalue weighted by molar-refractivity contribution is 7.99. The lowest BCUT2D eigenvalue weighted by atomic mass is 10.1. The third-order valence-electron chi connectivity index (χ3n) is 6.54. The molecule has 170 valence electrons. The lowest BCUT2D eigenvalue weighted by Crippen LogP contribution is -2.14. The van der Waals surface area contributed by atoms with E-state index in [0.29, 0.717) is 17.2 Å². The topological polar surface area (TPSA) is 55.3 Å². The number of furan rings is 1. The molecule has 0 spiro atoms. The molecule has 0 saturated carbocycles. The Kier molecular flexibility index (Phi) is 4.09. The molecule has 0 unspecified atom stereocenters. The fraction of sp³-hybridized carbons (Fsp3) is 0. The lowest BCUT2D eigenvalue weighted by molar-refractivity contribution is 0.617. The van der Waals surface area contributed by atoms with Gasteiger partial charge in [0.1, 0.15) is 22.4 Å². The van der Waals surface area contributed by atoms with Crippen LogP contribution in [0.5, 0.6) is 0 Å². The highest BCUT2D eigenvalue weighted by atomic mass is 32.2. The van der Waals surface area contributed by atoms with E-state index in [4.69, 9.17) is 18.8 Å². The van der Waals surface area contributed by atoms with Gasteiger partial charge in [0.05, 0.1) is 23.3 Å². The number of aromatic nitrogens is 2. The van der Waals surface area contributed by atoms with Gasteiger partial charge < -0.3 is 13.7 Å². The smallest absolute Gasteiger partial charge is 0.246 e. The van der Waals surface area contributed by atoms with Gasteiger partial charge in [0.25, 0.3) is 0 Å². The summed E-state index contributed by atoms with van der Waals surface area (Å²) in [5.74, 6) is 0.489. The van der Waals surface area contributed by atoms with Crippen molar-refractivity contribution in [2.45, 2.75) is 9.79 Å². The molecule has 0 amide bonds. The number of nitrogens with zero attached hydrogens (tertiary/aromatic N) is 3. The Bertz CT molecular complexity index is 1890. The Hall–Kier alpha value is -4.55. The van der Waals surface area contributed by atoms with Crippen molar-refractivity contribution in [2.24, 2.45) is 0 Å². The minimum atomic E-state index is 0.489. The molecule has 6 heteroatoms. The van der Waals surface area contributed by atoms with Crippen molar-refractivity contribution in [3.05, 3.63) is 103 Å². The van der Waals surface area contributed by atoms with Crippen LogP contribution < -0.4 is 4.90 Å². The molecule has 7 aromatic rings. The maximum absolute atomic E-state index is 6.15. The zero-order valence-corrected chi connectivity index (χ0v) is 19.7. The summed E-state index contributed by atoms with van der Waals surface area (Å²) < 4.78 is 12.2. The first-order valence-corrected chi connectivity index (χ1v) is 12.5. The number of hydrogen-bond donors (Lipinski definition) is 0. The van der Waals surface area contributed by atoms with Crippen LogP contribution in [0.4, 0.5) is 17.1 Å². The Morgan fingerprint density at radius 2 is 1.39 bits per heavy atom. The highest BCUT2D eigenvalue weighted by Gasteiger charge is 2.24. The van der Waals surface area contributed by atoms with Crippen molar-refractivity contribution < 1.29 is 8.83 Å². The van der Waals surface area contributed by atoms with E-state index >= 15 is 0 Å². The van der Waals surface area contributed by atoms with Gasteiger partial charge in [0, 0.05) is 26.6 Å². The van der Waals surface area contributed by atoms with Crippen LogP contribution in [0, 0.1) is 0 Å². The number of rotatable bonds is 2. The third-order valence-corrected chi connectivity index (χ3v) is 7.67. The van der Waals surface area contributed by atoms with E-state index in [0.717, 1.165) is 44.5 Å². The number of fused-ring (bicyclic) bond motifs is 6. The summed E-state index contributed by atoms with van der Waals surface area (Å²) in [5.41, 5.74) is 7.08. The van der Waals surface area contributed by atoms with Crippen molar-refractivity contribution in [1.29, 1.82) is 0 Å². The largest absolute Gasteiger partial charge is 0.456 e. The van der Waals surface area contributed by atoms with Gasteiger partial charge in [-0.25, -0.2) is 9.97 Å². The van der Waals surface area contributed by atoms with Crippen LogP contribution in [0.2, 0.25) is 0 Å². The molecule has 0 fully saturated rings. The Morgan fingerprint density at radius 3 is 2.17 bits per heavy atom. The molecule has 0 aliphatic carbocycles. The normalized spacial score (nSPS) is 12.8. The minimum absolute atomic E-state index is 0.489. The molecule has 1 aliphatic rings. The maximum atomic E-state index is 6.15. The molecule has 0 bridgehead atoms. The summed E-state index contributed by atoms with van der Waals surface area (Å²) in [5, 5.41) is 2.08. The van der Waals surface area contributed by atoms with E-state index in [1.807, 2.05) is 42.6 Å². The predicted octanol–water partition coefficient (Wildman–Crippen LogP) is 8.72. The van der Waals surface area contributed by atoms with Gasteiger partial charge in [0.2, 0.25) is 5.89 Å². The summed E-state index contributed by atoms with van der Waals surface area (Å²) in [6.07, 6.45) is 1.88. The molecule has 8 rings (SSSR count). The molecular formula is C30H17N3O2S. The molecule has 4 aromatic carbocycles. The molecule has 0 N–H and O–H groups in total. The third kappa shape index (κ3) is 2.91. The fourth-order valence-corrected chi connectivity index (χ4v) is 5.94. The summed E-state index contributed by atoms with van der Waals surface area (Å²) in [4.78, 5) is 14.1. The van der Waals surface area contributed by atoms with Crippen LogP contribution in [0.25, 0.3) is 44.6 Å². The first kappa shape index (κ1) is 19.7. The first-order valence-electron chi connectivity index (χ1n) is 11.7. The van der Waals surface area contributed by atoms with Crippen LogP contribution in [-0.4, -0.2) is 9.97 Å². The molecule has 0 atom stereocenters. The maximum Gasteiger partial charge on any atom is 0.246 e. The minimum Gasteiger partial charge on any atom is -0.456 e. The quantitative estimate of drug-likeness (QED) is 0.245. The fourth-order valence-electron chi connectivity index (χ4n) is 4.88. The van der Waals surface area contributed by atoms with Gasteiger partial charge >= 0.3 is 0 Å². The van der Waals surface area contributed by atoms with Crippen LogP contribution >= 0.6 is 11.8 Å². The predicted molar refractivity (Wildman–Crippen MR) is 143 cm³/mol. The summed E-state index contributed by atoms with van der Waals surface area (Å²) >= 11 is 1.79. The standard InChI is InChI=1S/C30H17N3O2S/c1-4-10-25-19(7-1)20-15-27-22(16-26(20)34-25)32-30(35-27)21-14-13-18(17-31-21)33-23-8-2-5-11-28(23)36-29-12-6-3-9-24(29)33/h1-17H. The molecule has 1 aliphatic heterocycles. The summed E-state index contributed by atoms with van der Waals surface area (Å²) in [6, 6.07) is 32.9. The van der Waals surface area contributed by atoms with Crippen LogP contribution in [0.15, 0.2) is 122 Å². The molecule has 36 heavy (non-hydrogen) atoms. The number of para-hydroxylation sites is 3. The Balaban J connectivity index is 1.21. The lowest BCUT2D eigenvalue weighted by Gasteiger charge is -2.32. The van der Waals surface area contributed by atoms with Crippen LogP contribution in [0.1, 0.15) is 0 Å².